The molecule has 0 saturated carbocycles. The number of amides is 2. The first-order chi connectivity index (χ1) is 7.54. The molecule has 0 atom stereocenters. The number of nitrogens with two attached hydrogens (primary N) is 2. The van der Waals surface area contributed by atoms with Gasteiger partial charge in [0.1, 0.15) is 11.3 Å². The first-order valence-electron chi connectivity index (χ1n) is 4.50. The van der Waals surface area contributed by atoms with Crippen LogP contribution in [0.3, 0.4) is 0 Å². The quantitative estimate of drug-likeness (QED) is 0.426. The number of rotatable bonds is 4. The summed E-state index contributed by atoms with van der Waals surface area (Å²) in [6.07, 6.45) is 1.33. The minimum Gasteiger partial charge on any atom is -0.497 e. The molecule has 1 aromatic carbocycles. The van der Waals surface area contributed by atoms with Crippen LogP contribution < -0.4 is 16.2 Å². The number of carbonyl (C=O) groups is 2. The first-order valence-corrected chi connectivity index (χ1v) is 4.50. The van der Waals surface area contributed by atoms with Gasteiger partial charge in [0.15, 0.2) is 0 Å². The molecule has 1 aromatic rings. The molecule has 5 heteroatoms. The molecule has 0 bridgehead atoms. The van der Waals surface area contributed by atoms with Crippen LogP contribution >= 0.6 is 0 Å². The van der Waals surface area contributed by atoms with Gasteiger partial charge in [-0.05, 0) is 23.8 Å². The Labute approximate surface area is 92.7 Å². The van der Waals surface area contributed by atoms with E-state index in [0.29, 0.717) is 11.3 Å². The van der Waals surface area contributed by atoms with Crippen LogP contribution in [-0.4, -0.2) is 18.9 Å². The Morgan fingerprint density at radius 3 is 2.38 bits per heavy atom. The summed E-state index contributed by atoms with van der Waals surface area (Å²) in [6.45, 7) is 0. The molecule has 0 aliphatic rings. The molecule has 1 rings (SSSR count). The van der Waals surface area contributed by atoms with E-state index in [2.05, 4.69) is 0 Å². The first kappa shape index (κ1) is 11.8. The van der Waals surface area contributed by atoms with Gasteiger partial charge in [-0.3, -0.25) is 9.59 Å². The number of hydrogen-bond donors (Lipinski definition) is 2. The summed E-state index contributed by atoms with van der Waals surface area (Å²) in [5.41, 5.74) is 10.4. The van der Waals surface area contributed by atoms with Crippen molar-refractivity contribution >= 4 is 17.9 Å². The Kier molecular flexibility index (Phi) is 3.66. The van der Waals surface area contributed by atoms with Gasteiger partial charge in [-0.15, -0.1) is 0 Å². The Balaban J connectivity index is 3.12. The molecule has 0 aliphatic heterocycles. The summed E-state index contributed by atoms with van der Waals surface area (Å²) in [7, 11) is 1.52. The van der Waals surface area contributed by atoms with Gasteiger partial charge in [0.2, 0.25) is 0 Å². The molecule has 0 spiro atoms. The van der Waals surface area contributed by atoms with Crippen molar-refractivity contribution in [3.05, 3.63) is 35.4 Å². The molecule has 0 heterocycles. The summed E-state index contributed by atoms with van der Waals surface area (Å²) in [4.78, 5) is 21.8. The lowest BCUT2D eigenvalue weighted by Crippen LogP contribution is -2.25. The maximum absolute atomic E-state index is 10.9. The number of hydrogen-bond acceptors (Lipinski definition) is 3. The molecule has 5 nitrogen and oxygen atoms in total. The van der Waals surface area contributed by atoms with Gasteiger partial charge >= 0.3 is 0 Å². The predicted octanol–water partition coefficient (Wildman–Crippen LogP) is 0.0492. The lowest BCUT2D eigenvalue weighted by atomic mass is 10.1. The summed E-state index contributed by atoms with van der Waals surface area (Å²) in [6, 6.07) is 6.83. The molecule has 4 N–H and O–H groups in total. The Morgan fingerprint density at radius 2 is 1.88 bits per heavy atom. The van der Waals surface area contributed by atoms with E-state index >= 15 is 0 Å². The Morgan fingerprint density at radius 1 is 1.25 bits per heavy atom. The molecule has 0 saturated heterocycles. The van der Waals surface area contributed by atoms with Gasteiger partial charge in [-0.2, -0.15) is 0 Å². The van der Waals surface area contributed by atoms with Gasteiger partial charge in [0, 0.05) is 0 Å². The van der Waals surface area contributed by atoms with Crippen molar-refractivity contribution < 1.29 is 14.3 Å². The third-order valence-corrected chi connectivity index (χ3v) is 1.94. The zero-order valence-corrected chi connectivity index (χ0v) is 8.77. The normalized spacial score (nSPS) is 9.31. The van der Waals surface area contributed by atoms with Crippen LogP contribution in [0.1, 0.15) is 5.56 Å². The fraction of sp³-hybridized carbons (Fsp3) is 0.0909. The van der Waals surface area contributed by atoms with E-state index in [1.807, 2.05) is 0 Å². The average Bonchev–Trinajstić information content (AvgIpc) is 2.25. The van der Waals surface area contributed by atoms with Gasteiger partial charge in [-0.1, -0.05) is 12.1 Å². The SMILES string of the molecule is COc1cccc(C=C(C(N)=O)C(N)=O)c1. The highest BCUT2D eigenvalue weighted by molar-refractivity contribution is 6.20. The average molecular weight is 220 g/mol. The van der Waals surface area contributed by atoms with E-state index in [9.17, 15) is 9.59 Å². The third kappa shape index (κ3) is 2.84. The number of benzene rings is 1. The highest BCUT2D eigenvalue weighted by atomic mass is 16.5. The number of methoxy groups -OCH3 is 1. The molecule has 0 fully saturated rings. The molecule has 0 aromatic heterocycles. The van der Waals surface area contributed by atoms with Gasteiger partial charge in [0.05, 0.1) is 7.11 Å². The second-order valence-corrected chi connectivity index (χ2v) is 3.06. The second-order valence-electron chi connectivity index (χ2n) is 3.06. The van der Waals surface area contributed by atoms with E-state index < -0.39 is 11.8 Å². The second kappa shape index (κ2) is 4.97. The van der Waals surface area contributed by atoms with Crippen LogP contribution in [-0.2, 0) is 9.59 Å². The lowest BCUT2D eigenvalue weighted by molar-refractivity contribution is -0.120. The van der Waals surface area contributed by atoms with E-state index in [1.165, 1.54) is 13.2 Å². The van der Waals surface area contributed by atoms with E-state index in [1.54, 1.807) is 24.3 Å². The molecule has 0 radical (unpaired) electrons. The van der Waals surface area contributed by atoms with Crippen LogP contribution in [0.15, 0.2) is 29.8 Å². The topological polar surface area (TPSA) is 95.4 Å². The summed E-state index contributed by atoms with van der Waals surface area (Å²) >= 11 is 0. The van der Waals surface area contributed by atoms with Gasteiger partial charge in [-0.25, -0.2) is 0 Å². The summed E-state index contributed by atoms with van der Waals surface area (Å²) in [5, 5.41) is 0. The molecule has 84 valence electrons. The van der Waals surface area contributed by atoms with Crippen LogP contribution in [0.5, 0.6) is 5.75 Å². The highest BCUT2D eigenvalue weighted by Gasteiger charge is 2.11. The summed E-state index contributed by atoms with van der Waals surface area (Å²) in [5.74, 6) is -1.09. The molecule has 0 unspecified atom stereocenters. The Hall–Kier alpha value is -2.30. The molecular formula is C11H12N2O3. The maximum atomic E-state index is 10.9. The largest absolute Gasteiger partial charge is 0.497 e. The zero-order valence-electron chi connectivity index (χ0n) is 8.77. The Bertz CT molecular complexity index is 436. The van der Waals surface area contributed by atoms with Crippen molar-refractivity contribution in [3.63, 3.8) is 0 Å². The third-order valence-electron chi connectivity index (χ3n) is 1.94. The minimum atomic E-state index is -0.852. The molecule has 2 amide bonds. The van der Waals surface area contributed by atoms with E-state index in [0.717, 1.165) is 0 Å². The van der Waals surface area contributed by atoms with Crippen molar-refractivity contribution in [2.75, 3.05) is 7.11 Å². The maximum Gasteiger partial charge on any atom is 0.254 e. The lowest BCUT2D eigenvalue weighted by Gasteiger charge is -2.01. The van der Waals surface area contributed by atoms with Crippen molar-refractivity contribution in [1.29, 1.82) is 0 Å². The van der Waals surface area contributed by atoms with Crippen LogP contribution in [0, 0.1) is 0 Å². The molecule has 16 heavy (non-hydrogen) atoms. The van der Waals surface area contributed by atoms with Crippen molar-refractivity contribution in [2.45, 2.75) is 0 Å². The predicted molar refractivity (Wildman–Crippen MR) is 59.4 cm³/mol. The molecular weight excluding hydrogens is 208 g/mol. The van der Waals surface area contributed by atoms with Crippen LogP contribution in [0.25, 0.3) is 6.08 Å². The number of ether oxygens (including phenoxy) is 1. The monoisotopic (exact) mass is 220 g/mol. The van der Waals surface area contributed by atoms with Crippen LogP contribution in [0.4, 0.5) is 0 Å². The zero-order chi connectivity index (χ0) is 12.1. The van der Waals surface area contributed by atoms with Gasteiger partial charge in [0.25, 0.3) is 11.8 Å². The molecule has 0 aliphatic carbocycles. The fourth-order valence-electron chi connectivity index (χ4n) is 1.16. The standard InChI is InChI=1S/C11H12N2O3/c1-16-8-4-2-3-7(5-8)6-9(10(12)14)11(13)15/h2-6H,1H3,(H2,12,14)(H2,13,15). The fourth-order valence-corrected chi connectivity index (χ4v) is 1.16. The van der Waals surface area contributed by atoms with Gasteiger partial charge < -0.3 is 16.2 Å². The smallest absolute Gasteiger partial charge is 0.254 e. The number of primary amides is 2. The number of carbonyl (C=O) groups excluding carboxylic acids is 2. The van der Waals surface area contributed by atoms with Crippen molar-refractivity contribution in [2.24, 2.45) is 11.5 Å². The highest BCUT2D eigenvalue weighted by Crippen LogP contribution is 2.15. The summed E-state index contributed by atoms with van der Waals surface area (Å²) < 4.78 is 5.00. The minimum absolute atomic E-state index is 0.242. The van der Waals surface area contributed by atoms with Crippen molar-refractivity contribution in [1.82, 2.24) is 0 Å². The van der Waals surface area contributed by atoms with Crippen molar-refractivity contribution in [3.8, 4) is 5.75 Å². The van der Waals surface area contributed by atoms with Crippen LogP contribution in [0.2, 0.25) is 0 Å². The van der Waals surface area contributed by atoms with E-state index in [-0.39, 0.29) is 5.57 Å². The van der Waals surface area contributed by atoms with E-state index in [4.69, 9.17) is 16.2 Å².